The fourth-order valence-corrected chi connectivity index (χ4v) is 3.14. The molecule has 0 bridgehead atoms. The fourth-order valence-electron chi connectivity index (χ4n) is 3.14. The van der Waals surface area contributed by atoms with E-state index in [1.165, 1.54) is 12.1 Å². The number of halogens is 1. The topological polar surface area (TPSA) is 44.8 Å². The molecule has 144 valence electrons. The SMILES string of the molecule is Cc1cccc(OCC(=O)NCCN2CCN(c3ccc(F)cc3)CC2)c1. The maximum absolute atomic E-state index is 13.0. The Morgan fingerprint density at radius 3 is 2.56 bits per heavy atom. The van der Waals surface area contributed by atoms with Crippen molar-refractivity contribution < 1.29 is 13.9 Å². The van der Waals surface area contributed by atoms with E-state index in [1.54, 1.807) is 0 Å². The number of hydrogen-bond acceptors (Lipinski definition) is 4. The molecular weight excluding hydrogens is 345 g/mol. The van der Waals surface area contributed by atoms with Gasteiger partial charge in [-0.05, 0) is 48.9 Å². The van der Waals surface area contributed by atoms with Crippen molar-refractivity contribution in [2.24, 2.45) is 0 Å². The van der Waals surface area contributed by atoms with Crippen LogP contribution in [-0.2, 0) is 4.79 Å². The number of piperazine rings is 1. The van der Waals surface area contributed by atoms with Crippen molar-refractivity contribution in [2.75, 3.05) is 50.8 Å². The Bertz CT molecular complexity index is 743. The van der Waals surface area contributed by atoms with Crippen LogP contribution < -0.4 is 15.0 Å². The molecule has 2 aromatic carbocycles. The van der Waals surface area contributed by atoms with Crippen LogP contribution >= 0.6 is 0 Å². The zero-order valence-corrected chi connectivity index (χ0v) is 15.7. The maximum atomic E-state index is 13.0. The van der Waals surface area contributed by atoms with Crippen LogP contribution in [0.15, 0.2) is 48.5 Å². The van der Waals surface area contributed by atoms with Gasteiger partial charge in [0.25, 0.3) is 5.91 Å². The van der Waals surface area contributed by atoms with E-state index in [4.69, 9.17) is 4.74 Å². The summed E-state index contributed by atoms with van der Waals surface area (Å²) in [5.74, 6) is 0.392. The summed E-state index contributed by atoms with van der Waals surface area (Å²) < 4.78 is 18.5. The van der Waals surface area contributed by atoms with Crippen molar-refractivity contribution in [3.05, 3.63) is 59.9 Å². The summed E-state index contributed by atoms with van der Waals surface area (Å²) in [6.45, 7) is 7.08. The molecular formula is C21H26FN3O2. The van der Waals surface area contributed by atoms with Crippen LogP contribution in [0.2, 0.25) is 0 Å². The molecule has 0 aromatic heterocycles. The van der Waals surface area contributed by atoms with Crippen molar-refractivity contribution >= 4 is 11.6 Å². The molecule has 1 N–H and O–H groups in total. The van der Waals surface area contributed by atoms with Crippen LogP contribution in [0.4, 0.5) is 10.1 Å². The molecule has 3 rings (SSSR count). The van der Waals surface area contributed by atoms with E-state index in [0.717, 1.165) is 44.0 Å². The highest BCUT2D eigenvalue weighted by Gasteiger charge is 2.17. The Balaban J connectivity index is 1.32. The van der Waals surface area contributed by atoms with E-state index in [0.29, 0.717) is 12.3 Å². The van der Waals surface area contributed by atoms with E-state index >= 15 is 0 Å². The second-order valence-electron chi connectivity index (χ2n) is 6.76. The van der Waals surface area contributed by atoms with Crippen LogP contribution in [0.5, 0.6) is 5.75 Å². The van der Waals surface area contributed by atoms with E-state index in [9.17, 15) is 9.18 Å². The Hall–Kier alpha value is -2.60. The summed E-state index contributed by atoms with van der Waals surface area (Å²) in [7, 11) is 0. The number of nitrogens with one attached hydrogen (secondary N) is 1. The van der Waals surface area contributed by atoms with Gasteiger partial charge < -0.3 is 15.0 Å². The lowest BCUT2D eigenvalue weighted by Gasteiger charge is -2.36. The Kier molecular flexibility index (Phi) is 6.65. The predicted molar refractivity (Wildman–Crippen MR) is 105 cm³/mol. The molecule has 1 aliphatic heterocycles. The highest BCUT2D eigenvalue weighted by Crippen LogP contribution is 2.16. The molecule has 1 saturated heterocycles. The second kappa shape index (κ2) is 9.37. The summed E-state index contributed by atoms with van der Waals surface area (Å²) >= 11 is 0. The minimum Gasteiger partial charge on any atom is -0.484 e. The molecule has 0 atom stereocenters. The zero-order valence-electron chi connectivity index (χ0n) is 15.7. The molecule has 1 amide bonds. The van der Waals surface area contributed by atoms with Gasteiger partial charge in [-0.2, -0.15) is 0 Å². The lowest BCUT2D eigenvalue weighted by molar-refractivity contribution is -0.123. The lowest BCUT2D eigenvalue weighted by atomic mass is 10.2. The van der Waals surface area contributed by atoms with E-state index in [2.05, 4.69) is 15.1 Å². The Morgan fingerprint density at radius 1 is 1.11 bits per heavy atom. The number of anilines is 1. The quantitative estimate of drug-likeness (QED) is 0.812. The summed E-state index contributed by atoms with van der Waals surface area (Å²) in [6, 6.07) is 14.3. The van der Waals surface area contributed by atoms with Crippen LogP contribution in [0.3, 0.4) is 0 Å². The normalized spacial score (nSPS) is 14.8. The Morgan fingerprint density at radius 2 is 1.85 bits per heavy atom. The number of hydrogen-bond donors (Lipinski definition) is 1. The van der Waals surface area contributed by atoms with Gasteiger partial charge in [0.2, 0.25) is 0 Å². The van der Waals surface area contributed by atoms with Gasteiger partial charge in [-0.25, -0.2) is 4.39 Å². The minimum absolute atomic E-state index is 0.0296. The Labute approximate surface area is 159 Å². The molecule has 5 nitrogen and oxygen atoms in total. The van der Waals surface area contributed by atoms with Crippen LogP contribution in [0.1, 0.15) is 5.56 Å². The first kappa shape index (κ1) is 19.2. The molecule has 1 aliphatic rings. The minimum atomic E-state index is -0.209. The van der Waals surface area contributed by atoms with Gasteiger partial charge in [-0.1, -0.05) is 12.1 Å². The average Bonchev–Trinajstić information content (AvgIpc) is 2.68. The lowest BCUT2D eigenvalue weighted by Crippen LogP contribution is -2.48. The molecule has 0 saturated carbocycles. The summed E-state index contributed by atoms with van der Waals surface area (Å²) in [5.41, 5.74) is 2.16. The van der Waals surface area contributed by atoms with Gasteiger partial charge in [-0.15, -0.1) is 0 Å². The third-order valence-corrected chi connectivity index (χ3v) is 4.67. The van der Waals surface area contributed by atoms with Gasteiger partial charge in [-0.3, -0.25) is 9.69 Å². The fraction of sp³-hybridized carbons (Fsp3) is 0.381. The van der Waals surface area contributed by atoms with Gasteiger partial charge in [0.15, 0.2) is 6.61 Å². The highest BCUT2D eigenvalue weighted by atomic mass is 19.1. The average molecular weight is 371 g/mol. The van der Waals surface area contributed by atoms with Crippen LogP contribution in [0, 0.1) is 12.7 Å². The monoisotopic (exact) mass is 371 g/mol. The van der Waals surface area contributed by atoms with E-state index in [1.807, 2.05) is 43.3 Å². The number of amides is 1. The summed E-state index contributed by atoms with van der Waals surface area (Å²) in [6.07, 6.45) is 0. The van der Waals surface area contributed by atoms with E-state index in [-0.39, 0.29) is 18.3 Å². The molecule has 0 aliphatic carbocycles. The first-order valence-electron chi connectivity index (χ1n) is 9.29. The largest absolute Gasteiger partial charge is 0.484 e. The van der Waals surface area contributed by atoms with Crippen molar-refractivity contribution in [3.8, 4) is 5.75 Å². The van der Waals surface area contributed by atoms with Crippen molar-refractivity contribution in [2.45, 2.75) is 6.92 Å². The number of benzene rings is 2. The number of rotatable bonds is 7. The van der Waals surface area contributed by atoms with Crippen molar-refractivity contribution in [3.63, 3.8) is 0 Å². The highest BCUT2D eigenvalue weighted by molar-refractivity contribution is 5.77. The molecule has 0 unspecified atom stereocenters. The first-order valence-corrected chi connectivity index (χ1v) is 9.29. The third-order valence-electron chi connectivity index (χ3n) is 4.67. The van der Waals surface area contributed by atoms with Crippen molar-refractivity contribution in [1.29, 1.82) is 0 Å². The number of aryl methyl sites for hydroxylation is 1. The molecule has 2 aromatic rings. The van der Waals surface area contributed by atoms with Gasteiger partial charge in [0, 0.05) is 45.0 Å². The maximum Gasteiger partial charge on any atom is 0.257 e. The smallest absolute Gasteiger partial charge is 0.257 e. The summed E-state index contributed by atoms with van der Waals surface area (Å²) in [4.78, 5) is 16.5. The first-order chi connectivity index (χ1) is 13.1. The second-order valence-corrected chi connectivity index (χ2v) is 6.76. The molecule has 27 heavy (non-hydrogen) atoms. The van der Waals surface area contributed by atoms with E-state index < -0.39 is 0 Å². The van der Waals surface area contributed by atoms with Gasteiger partial charge >= 0.3 is 0 Å². The number of carbonyl (C=O) groups is 1. The molecule has 1 fully saturated rings. The van der Waals surface area contributed by atoms with Crippen LogP contribution in [0.25, 0.3) is 0 Å². The number of carbonyl (C=O) groups excluding carboxylic acids is 1. The molecule has 0 spiro atoms. The number of ether oxygens (including phenoxy) is 1. The zero-order chi connectivity index (χ0) is 19.1. The number of nitrogens with zero attached hydrogens (tertiary/aromatic N) is 2. The molecule has 0 radical (unpaired) electrons. The standard InChI is InChI=1S/C21H26FN3O2/c1-17-3-2-4-20(15-17)27-16-21(26)23-9-10-24-11-13-25(14-12-24)19-7-5-18(22)6-8-19/h2-8,15H,9-14,16H2,1H3,(H,23,26). The van der Waals surface area contributed by atoms with Gasteiger partial charge in [0.05, 0.1) is 0 Å². The molecule has 6 heteroatoms. The predicted octanol–water partition coefficient (Wildman–Crippen LogP) is 2.45. The third kappa shape index (κ3) is 5.96. The summed E-state index contributed by atoms with van der Waals surface area (Å²) in [5, 5.41) is 2.90. The van der Waals surface area contributed by atoms with Gasteiger partial charge in [0.1, 0.15) is 11.6 Å². The van der Waals surface area contributed by atoms with Crippen molar-refractivity contribution in [1.82, 2.24) is 10.2 Å². The van der Waals surface area contributed by atoms with Crippen LogP contribution in [-0.4, -0.2) is 56.7 Å². The molecule has 1 heterocycles.